The second-order valence-electron chi connectivity index (χ2n) is 3.31. The van der Waals surface area contributed by atoms with Crippen LogP contribution in [0.4, 0.5) is 0 Å². The van der Waals surface area contributed by atoms with Crippen molar-refractivity contribution in [3.05, 3.63) is 34.9 Å². The summed E-state index contributed by atoms with van der Waals surface area (Å²) < 4.78 is 5.17. The van der Waals surface area contributed by atoms with Gasteiger partial charge in [0, 0.05) is 30.3 Å². The zero-order valence-corrected chi connectivity index (χ0v) is 10.1. The van der Waals surface area contributed by atoms with E-state index in [1.165, 1.54) is 0 Å². The van der Waals surface area contributed by atoms with Crippen LogP contribution in [0.1, 0.15) is 23.7 Å². The van der Waals surface area contributed by atoms with Gasteiger partial charge in [-0.1, -0.05) is 11.6 Å². The molecule has 0 aromatic heterocycles. The van der Waals surface area contributed by atoms with E-state index in [4.69, 9.17) is 16.3 Å². The SMILES string of the molecule is CCOCCCNC(=O)c1ccc(Cl)cc1. The van der Waals surface area contributed by atoms with Gasteiger partial charge in [0.1, 0.15) is 0 Å². The Morgan fingerprint density at radius 2 is 2.06 bits per heavy atom. The third kappa shape index (κ3) is 4.64. The Labute approximate surface area is 101 Å². The van der Waals surface area contributed by atoms with Crippen molar-refractivity contribution in [1.29, 1.82) is 0 Å². The van der Waals surface area contributed by atoms with E-state index in [9.17, 15) is 4.79 Å². The number of rotatable bonds is 6. The van der Waals surface area contributed by atoms with E-state index in [2.05, 4.69) is 5.32 Å². The Bertz CT molecular complexity index is 324. The molecule has 0 heterocycles. The maximum Gasteiger partial charge on any atom is 0.251 e. The van der Waals surface area contributed by atoms with E-state index in [0.717, 1.165) is 6.42 Å². The molecule has 0 bridgehead atoms. The summed E-state index contributed by atoms with van der Waals surface area (Å²) in [6.45, 7) is 3.97. The minimum atomic E-state index is -0.0758. The first-order valence-electron chi connectivity index (χ1n) is 5.35. The Balaban J connectivity index is 2.27. The van der Waals surface area contributed by atoms with Crippen molar-refractivity contribution in [3.63, 3.8) is 0 Å². The largest absolute Gasteiger partial charge is 0.382 e. The van der Waals surface area contributed by atoms with Gasteiger partial charge < -0.3 is 10.1 Å². The van der Waals surface area contributed by atoms with E-state index in [1.54, 1.807) is 24.3 Å². The zero-order chi connectivity index (χ0) is 11.8. The summed E-state index contributed by atoms with van der Waals surface area (Å²) in [6.07, 6.45) is 0.827. The molecule has 16 heavy (non-hydrogen) atoms. The monoisotopic (exact) mass is 241 g/mol. The zero-order valence-electron chi connectivity index (χ0n) is 9.33. The maximum absolute atomic E-state index is 11.6. The summed E-state index contributed by atoms with van der Waals surface area (Å²) in [5.41, 5.74) is 0.626. The van der Waals surface area contributed by atoms with Crippen LogP contribution in [0.2, 0.25) is 5.02 Å². The molecule has 1 N–H and O–H groups in total. The molecule has 0 atom stereocenters. The van der Waals surface area contributed by atoms with Gasteiger partial charge in [-0.25, -0.2) is 0 Å². The first-order valence-corrected chi connectivity index (χ1v) is 5.73. The van der Waals surface area contributed by atoms with Gasteiger partial charge in [-0.15, -0.1) is 0 Å². The molecule has 0 aliphatic carbocycles. The van der Waals surface area contributed by atoms with Gasteiger partial charge in [-0.3, -0.25) is 4.79 Å². The maximum atomic E-state index is 11.6. The third-order valence-electron chi connectivity index (χ3n) is 2.06. The lowest BCUT2D eigenvalue weighted by molar-refractivity contribution is 0.0944. The summed E-state index contributed by atoms with van der Waals surface area (Å²) in [7, 11) is 0. The number of carbonyl (C=O) groups is 1. The third-order valence-corrected chi connectivity index (χ3v) is 2.31. The second kappa shape index (κ2) is 7.25. The standard InChI is InChI=1S/C12H16ClNO2/c1-2-16-9-3-8-14-12(15)10-4-6-11(13)7-5-10/h4-7H,2-3,8-9H2,1H3,(H,14,15). The first-order chi connectivity index (χ1) is 7.74. The average molecular weight is 242 g/mol. The molecule has 0 saturated heterocycles. The fourth-order valence-electron chi connectivity index (χ4n) is 1.22. The van der Waals surface area contributed by atoms with Crippen molar-refractivity contribution in [1.82, 2.24) is 5.32 Å². The van der Waals surface area contributed by atoms with Crippen molar-refractivity contribution in [2.45, 2.75) is 13.3 Å². The molecule has 1 aromatic carbocycles. The quantitative estimate of drug-likeness (QED) is 0.778. The molecule has 1 rings (SSSR count). The minimum Gasteiger partial charge on any atom is -0.382 e. The lowest BCUT2D eigenvalue weighted by atomic mass is 10.2. The summed E-state index contributed by atoms with van der Waals surface area (Å²) in [5, 5.41) is 3.45. The Morgan fingerprint density at radius 3 is 2.69 bits per heavy atom. The topological polar surface area (TPSA) is 38.3 Å². The lowest BCUT2D eigenvalue weighted by Gasteiger charge is -2.05. The van der Waals surface area contributed by atoms with Crippen LogP contribution >= 0.6 is 11.6 Å². The molecule has 1 amide bonds. The summed E-state index contributed by atoms with van der Waals surface area (Å²) in [6, 6.07) is 6.83. The summed E-state index contributed by atoms with van der Waals surface area (Å²) in [5.74, 6) is -0.0758. The second-order valence-corrected chi connectivity index (χ2v) is 3.75. The molecule has 3 nitrogen and oxygen atoms in total. The summed E-state index contributed by atoms with van der Waals surface area (Å²) in [4.78, 5) is 11.6. The van der Waals surface area contributed by atoms with Crippen LogP contribution in [0.5, 0.6) is 0 Å². The molecular formula is C12H16ClNO2. The molecule has 4 heteroatoms. The van der Waals surface area contributed by atoms with E-state index < -0.39 is 0 Å². The molecular weight excluding hydrogens is 226 g/mol. The fraction of sp³-hybridized carbons (Fsp3) is 0.417. The number of carbonyl (C=O) groups excluding carboxylic acids is 1. The predicted octanol–water partition coefficient (Wildman–Crippen LogP) is 2.50. The minimum absolute atomic E-state index is 0.0758. The van der Waals surface area contributed by atoms with Crippen molar-refractivity contribution in [2.75, 3.05) is 19.8 Å². The smallest absolute Gasteiger partial charge is 0.251 e. The Morgan fingerprint density at radius 1 is 1.38 bits per heavy atom. The number of amides is 1. The first kappa shape index (κ1) is 13.0. The molecule has 0 aliphatic heterocycles. The van der Waals surface area contributed by atoms with Crippen LogP contribution in [0.3, 0.4) is 0 Å². The van der Waals surface area contributed by atoms with Crippen molar-refractivity contribution in [2.24, 2.45) is 0 Å². The number of halogens is 1. The molecule has 1 aromatic rings. The van der Waals surface area contributed by atoms with Crippen LogP contribution in [-0.2, 0) is 4.74 Å². The van der Waals surface area contributed by atoms with Crippen LogP contribution < -0.4 is 5.32 Å². The molecule has 0 radical (unpaired) electrons. The highest BCUT2D eigenvalue weighted by Crippen LogP contribution is 2.09. The van der Waals surface area contributed by atoms with Gasteiger partial charge in [-0.05, 0) is 37.6 Å². The lowest BCUT2D eigenvalue weighted by Crippen LogP contribution is -2.25. The number of nitrogens with one attached hydrogen (secondary N) is 1. The number of benzene rings is 1. The molecule has 0 saturated carbocycles. The van der Waals surface area contributed by atoms with Crippen LogP contribution in [0, 0.1) is 0 Å². The highest BCUT2D eigenvalue weighted by Gasteiger charge is 2.03. The van der Waals surface area contributed by atoms with E-state index in [0.29, 0.717) is 30.3 Å². The van der Waals surface area contributed by atoms with E-state index in [-0.39, 0.29) is 5.91 Å². The molecule has 0 spiro atoms. The number of ether oxygens (including phenoxy) is 1. The average Bonchev–Trinajstić information content (AvgIpc) is 2.29. The molecule has 0 aliphatic rings. The highest BCUT2D eigenvalue weighted by atomic mass is 35.5. The van der Waals surface area contributed by atoms with Gasteiger partial charge in [0.05, 0.1) is 0 Å². The van der Waals surface area contributed by atoms with Crippen molar-refractivity contribution in [3.8, 4) is 0 Å². The molecule has 0 fully saturated rings. The van der Waals surface area contributed by atoms with Crippen molar-refractivity contribution < 1.29 is 9.53 Å². The predicted molar refractivity (Wildman–Crippen MR) is 64.9 cm³/mol. The van der Waals surface area contributed by atoms with Crippen molar-refractivity contribution >= 4 is 17.5 Å². The van der Waals surface area contributed by atoms with Gasteiger partial charge in [0.2, 0.25) is 0 Å². The number of hydrogen-bond donors (Lipinski definition) is 1. The van der Waals surface area contributed by atoms with Gasteiger partial charge in [-0.2, -0.15) is 0 Å². The summed E-state index contributed by atoms with van der Waals surface area (Å²) >= 11 is 5.73. The van der Waals surface area contributed by atoms with Gasteiger partial charge in [0.25, 0.3) is 5.91 Å². The van der Waals surface area contributed by atoms with Crippen LogP contribution in [0.25, 0.3) is 0 Å². The van der Waals surface area contributed by atoms with Crippen LogP contribution in [0.15, 0.2) is 24.3 Å². The fourth-order valence-corrected chi connectivity index (χ4v) is 1.35. The molecule has 0 unspecified atom stereocenters. The number of hydrogen-bond acceptors (Lipinski definition) is 2. The van der Waals surface area contributed by atoms with Gasteiger partial charge >= 0.3 is 0 Å². The van der Waals surface area contributed by atoms with E-state index in [1.807, 2.05) is 6.92 Å². The highest BCUT2D eigenvalue weighted by molar-refractivity contribution is 6.30. The molecule has 88 valence electrons. The Kier molecular flexibility index (Phi) is 5.90. The normalized spacial score (nSPS) is 10.1. The van der Waals surface area contributed by atoms with Gasteiger partial charge in [0.15, 0.2) is 0 Å². The van der Waals surface area contributed by atoms with Crippen LogP contribution in [-0.4, -0.2) is 25.7 Å². The Hall–Kier alpha value is -1.06. The van der Waals surface area contributed by atoms with E-state index >= 15 is 0 Å².